The van der Waals surface area contributed by atoms with E-state index in [4.69, 9.17) is 0 Å². The summed E-state index contributed by atoms with van der Waals surface area (Å²) in [6, 6.07) is 45.6. The van der Waals surface area contributed by atoms with Crippen LogP contribution in [0.25, 0.3) is 45.3 Å². The molecule has 6 heteroatoms. The fourth-order valence-electron chi connectivity index (χ4n) is 6.14. The van der Waals surface area contributed by atoms with Gasteiger partial charge in [0.05, 0.1) is 22.8 Å². The Morgan fingerprint density at radius 2 is 0.918 bits per heavy atom. The van der Waals surface area contributed by atoms with Gasteiger partial charge in [-0.25, -0.2) is 0 Å². The Hall–Kier alpha value is -3.58. The zero-order chi connectivity index (χ0) is 31.9. The van der Waals surface area contributed by atoms with Crippen LogP contribution in [0.5, 0.6) is 0 Å². The molecule has 0 N–H and O–H groups in total. The first kappa shape index (κ1) is 38.2. The molecule has 0 spiro atoms. The number of hydrogen-bond acceptors (Lipinski definition) is 4. The predicted octanol–water partition coefficient (Wildman–Crippen LogP) is 10.6. The summed E-state index contributed by atoms with van der Waals surface area (Å²) in [6.07, 6.45) is 18.6. The van der Waals surface area contributed by atoms with E-state index in [0.717, 1.165) is 57.1 Å². The minimum atomic E-state index is 0. The Kier molecular flexibility index (Phi) is 16.2. The Morgan fingerprint density at radius 3 is 1.29 bits per heavy atom. The second-order valence-corrected chi connectivity index (χ2v) is 12.0. The van der Waals surface area contributed by atoms with Crippen molar-refractivity contribution in [2.75, 3.05) is 0 Å². The standard InChI is InChI=1S/2C16H11N2.C11H18.2Pt/c2*1-2-7-13(8-3-1)14-10-6-11-16(18-14)15-9-4-5-12-17-15;1-2-6-10(5-1)9-11-7-3-4-8-11;;/h2*1-7,9-12H;1,3,10-11H,2,4-9H2;;/q2*-1;-2;2*+2. The molecule has 49 heavy (non-hydrogen) atoms. The zero-order valence-corrected chi connectivity index (χ0v) is 31.9. The summed E-state index contributed by atoms with van der Waals surface area (Å²) in [5, 5.41) is 0. The molecule has 2 aromatic carbocycles. The molecule has 252 valence electrons. The zero-order valence-electron chi connectivity index (χ0n) is 27.4. The smallest absolute Gasteiger partial charge is 0.328 e. The molecule has 2 aliphatic carbocycles. The summed E-state index contributed by atoms with van der Waals surface area (Å²) in [4.78, 5) is 17.9. The Balaban J connectivity index is 0.000000167. The second kappa shape index (κ2) is 20.8. The van der Waals surface area contributed by atoms with Gasteiger partial charge in [-0.2, -0.15) is 25.7 Å². The fraction of sp³-hybridized carbons (Fsp3) is 0.209. The van der Waals surface area contributed by atoms with Crippen LogP contribution < -0.4 is 0 Å². The molecule has 2 atom stereocenters. The maximum Gasteiger partial charge on any atom is 2.00 e. The van der Waals surface area contributed by atoms with Gasteiger partial charge in [0.25, 0.3) is 0 Å². The van der Waals surface area contributed by atoms with E-state index in [1.54, 1.807) is 12.4 Å². The Bertz CT molecular complexity index is 1520. The monoisotopic (exact) mass is 1000 g/mol. The Morgan fingerprint density at radius 1 is 0.490 bits per heavy atom. The van der Waals surface area contributed by atoms with E-state index in [2.05, 4.69) is 44.9 Å². The summed E-state index contributed by atoms with van der Waals surface area (Å²) in [5.74, 6) is 2.12. The van der Waals surface area contributed by atoms with Crippen LogP contribution in [0.15, 0.2) is 134 Å². The number of benzene rings is 2. The van der Waals surface area contributed by atoms with Crippen molar-refractivity contribution in [1.29, 1.82) is 0 Å². The van der Waals surface area contributed by atoms with Gasteiger partial charge < -0.3 is 12.8 Å². The molecular weight excluding hydrogens is 963 g/mol. The third-order valence-electron chi connectivity index (χ3n) is 8.55. The molecule has 6 aromatic rings. The van der Waals surface area contributed by atoms with Crippen molar-refractivity contribution in [1.82, 2.24) is 19.9 Å². The number of rotatable bonds is 6. The van der Waals surface area contributed by atoms with E-state index < -0.39 is 0 Å². The number of aromatic nitrogens is 4. The maximum atomic E-state index is 4.62. The quantitative estimate of drug-likeness (QED) is 0.156. The average molecular weight is 1000 g/mol. The molecule has 0 amide bonds. The van der Waals surface area contributed by atoms with Gasteiger partial charge in [-0.05, 0) is 47.8 Å². The van der Waals surface area contributed by atoms with E-state index in [0.29, 0.717) is 0 Å². The maximum absolute atomic E-state index is 4.62. The summed E-state index contributed by atoms with van der Waals surface area (Å²) < 4.78 is 0. The molecule has 2 saturated carbocycles. The summed E-state index contributed by atoms with van der Waals surface area (Å²) in [5.41, 5.74) is 7.35. The van der Waals surface area contributed by atoms with Gasteiger partial charge in [-0.15, -0.1) is 71.8 Å². The van der Waals surface area contributed by atoms with E-state index in [1.165, 1.54) is 44.9 Å². The van der Waals surface area contributed by atoms with Gasteiger partial charge in [0.15, 0.2) is 0 Å². The SMILES string of the molecule is [CH-]1CCC(CC2C[CH-]CC2)C1.[Pt+2].[Pt+2].[c-]1ccccc1-c1cccc(-c2ccccn2)n1.[c-]1ccccc1-c1cccc(-c2ccccn2)n1. The van der Waals surface area contributed by atoms with Gasteiger partial charge >= 0.3 is 42.1 Å². The van der Waals surface area contributed by atoms with Crippen molar-refractivity contribution in [3.8, 4) is 45.3 Å². The van der Waals surface area contributed by atoms with Crippen LogP contribution in [-0.4, -0.2) is 19.9 Å². The topological polar surface area (TPSA) is 51.6 Å². The minimum Gasteiger partial charge on any atom is -0.328 e. The van der Waals surface area contributed by atoms with E-state index >= 15 is 0 Å². The first-order chi connectivity index (χ1) is 23.3. The van der Waals surface area contributed by atoms with Crippen molar-refractivity contribution in [2.24, 2.45) is 11.8 Å². The molecule has 2 unspecified atom stereocenters. The number of nitrogens with zero attached hydrogens (tertiary/aromatic N) is 4. The summed E-state index contributed by atoms with van der Waals surface area (Å²) in [6.45, 7) is 0. The number of hydrogen-bond donors (Lipinski definition) is 0. The van der Waals surface area contributed by atoms with Crippen LogP contribution in [0.3, 0.4) is 0 Å². The minimum absolute atomic E-state index is 0. The van der Waals surface area contributed by atoms with Gasteiger partial charge in [0.1, 0.15) is 0 Å². The predicted molar refractivity (Wildman–Crippen MR) is 191 cm³/mol. The number of pyridine rings is 4. The molecule has 0 bridgehead atoms. The van der Waals surface area contributed by atoms with E-state index in [-0.39, 0.29) is 42.1 Å². The van der Waals surface area contributed by atoms with Crippen molar-refractivity contribution >= 4 is 0 Å². The third kappa shape index (κ3) is 11.8. The molecule has 0 aliphatic heterocycles. The molecule has 0 saturated heterocycles. The van der Waals surface area contributed by atoms with Crippen molar-refractivity contribution < 1.29 is 42.1 Å². The van der Waals surface area contributed by atoms with Crippen LogP contribution in [0.2, 0.25) is 0 Å². The fourth-order valence-corrected chi connectivity index (χ4v) is 6.14. The molecule has 2 fully saturated rings. The van der Waals surface area contributed by atoms with Crippen LogP contribution in [0.1, 0.15) is 44.9 Å². The molecule has 4 nitrogen and oxygen atoms in total. The van der Waals surface area contributed by atoms with Gasteiger partial charge in [-0.3, -0.25) is 19.9 Å². The summed E-state index contributed by atoms with van der Waals surface area (Å²) >= 11 is 0. The molecule has 8 rings (SSSR count). The van der Waals surface area contributed by atoms with Crippen LogP contribution in [0.4, 0.5) is 0 Å². The van der Waals surface area contributed by atoms with Crippen LogP contribution in [-0.2, 0) is 42.1 Å². The van der Waals surface area contributed by atoms with Gasteiger partial charge in [-0.1, -0.05) is 67.5 Å². The van der Waals surface area contributed by atoms with E-state index in [1.807, 2.05) is 121 Å². The molecule has 0 radical (unpaired) electrons. The molecule has 4 heterocycles. The van der Waals surface area contributed by atoms with Crippen molar-refractivity contribution in [3.05, 3.63) is 159 Å². The molecule has 4 aromatic heterocycles. The van der Waals surface area contributed by atoms with Gasteiger partial charge in [0.2, 0.25) is 0 Å². The second-order valence-electron chi connectivity index (χ2n) is 12.0. The van der Waals surface area contributed by atoms with Crippen LogP contribution in [0, 0.1) is 36.8 Å². The summed E-state index contributed by atoms with van der Waals surface area (Å²) in [7, 11) is 0. The van der Waals surface area contributed by atoms with Gasteiger partial charge in [0, 0.05) is 12.4 Å². The van der Waals surface area contributed by atoms with Crippen LogP contribution >= 0.6 is 0 Å². The largest absolute Gasteiger partial charge is 2.00 e. The van der Waals surface area contributed by atoms with Crippen molar-refractivity contribution in [2.45, 2.75) is 44.9 Å². The first-order valence-electron chi connectivity index (χ1n) is 16.7. The first-order valence-corrected chi connectivity index (χ1v) is 16.7. The third-order valence-corrected chi connectivity index (χ3v) is 8.55. The average Bonchev–Trinajstić information content (AvgIpc) is 3.89. The molecule has 2 aliphatic rings. The molecular formula is C43H40N4Pt2. The van der Waals surface area contributed by atoms with E-state index in [9.17, 15) is 0 Å². The normalized spacial score (nSPS) is 16.1. The Labute approximate surface area is 320 Å². The van der Waals surface area contributed by atoms with Crippen molar-refractivity contribution in [3.63, 3.8) is 0 Å².